The number of hydrogen-bond donors (Lipinski definition) is 1. The van der Waals surface area contributed by atoms with Crippen molar-refractivity contribution in [3.05, 3.63) is 28.2 Å². The van der Waals surface area contributed by atoms with Crippen molar-refractivity contribution in [3.8, 4) is 5.75 Å². The van der Waals surface area contributed by atoms with Crippen LogP contribution in [-0.4, -0.2) is 41.1 Å². The molecular formula is C20H24BrN3O3. The molecule has 2 N–H and O–H groups in total. The molecule has 2 unspecified atom stereocenters. The maximum absolute atomic E-state index is 13.8. The van der Waals surface area contributed by atoms with E-state index in [0.29, 0.717) is 43.9 Å². The highest BCUT2D eigenvalue weighted by atomic mass is 79.9. The summed E-state index contributed by atoms with van der Waals surface area (Å²) in [4.78, 5) is 32.2. The number of fused-ring (bicyclic) bond motifs is 3. The van der Waals surface area contributed by atoms with E-state index in [1.165, 1.54) is 0 Å². The van der Waals surface area contributed by atoms with Crippen LogP contribution in [0.25, 0.3) is 0 Å². The van der Waals surface area contributed by atoms with Crippen LogP contribution in [0.15, 0.2) is 27.7 Å². The first kappa shape index (κ1) is 18.5. The summed E-state index contributed by atoms with van der Waals surface area (Å²) in [6.07, 6.45) is 2.32. The number of carbonyl (C=O) groups is 2. The summed E-state index contributed by atoms with van der Waals surface area (Å²) in [6.45, 7) is 4.68. The van der Waals surface area contributed by atoms with E-state index in [1.54, 1.807) is 11.8 Å². The van der Waals surface area contributed by atoms with Crippen molar-refractivity contribution in [1.29, 1.82) is 0 Å². The zero-order valence-corrected chi connectivity index (χ0v) is 17.2. The summed E-state index contributed by atoms with van der Waals surface area (Å²) >= 11 is 3.52. The van der Waals surface area contributed by atoms with Gasteiger partial charge in [0.2, 0.25) is 5.91 Å². The first-order valence-electron chi connectivity index (χ1n) is 9.46. The molecule has 1 saturated heterocycles. The zero-order chi connectivity index (χ0) is 19.4. The van der Waals surface area contributed by atoms with Gasteiger partial charge in [-0.15, -0.1) is 0 Å². The number of nitrogens with two attached hydrogens (primary N) is 1. The second-order valence-corrected chi connectivity index (χ2v) is 8.65. The molecule has 144 valence electrons. The van der Waals surface area contributed by atoms with Crippen LogP contribution in [0.1, 0.15) is 45.1 Å². The average molecular weight is 434 g/mol. The van der Waals surface area contributed by atoms with E-state index >= 15 is 0 Å². The maximum atomic E-state index is 13.8. The molecule has 2 atom stereocenters. The number of likely N-dealkylation sites (tertiary alicyclic amines) is 1. The fourth-order valence-corrected chi connectivity index (χ4v) is 5.22. The first-order chi connectivity index (χ1) is 12.8. The molecule has 3 aliphatic rings. The second kappa shape index (κ2) is 6.33. The number of benzene rings is 1. The molecule has 2 spiro atoms. The van der Waals surface area contributed by atoms with Crippen molar-refractivity contribution in [3.63, 3.8) is 0 Å². The number of rotatable bonds is 1. The van der Waals surface area contributed by atoms with Gasteiger partial charge in [-0.25, -0.2) is 4.99 Å². The highest BCUT2D eigenvalue weighted by molar-refractivity contribution is 9.10. The van der Waals surface area contributed by atoms with Gasteiger partial charge in [0.25, 0.3) is 0 Å². The highest BCUT2D eigenvalue weighted by Crippen LogP contribution is 2.57. The van der Waals surface area contributed by atoms with Gasteiger partial charge in [-0.3, -0.25) is 9.59 Å². The Morgan fingerprint density at radius 2 is 2.11 bits per heavy atom. The predicted octanol–water partition coefficient (Wildman–Crippen LogP) is 2.77. The number of carbonyl (C=O) groups excluding carboxylic acids is 2. The van der Waals surface area contributed by atoms with E-state index < -0.39 is 11.1 Å². The van der Waals surface area contributed by atoms with Crippen molar-refractivity contribution in [2.45, 2.75) is 50.7 Å². The van der Waals surface area contributed by atoms with Crippen LogP contribution < -0.4 is 10.5 Å². The lowest BCUT2D eigenvalue weighted by molar-refractivity contribution is -0.142. The van der Waals surface area contributed by atoms with Crippen LogP contribution in [0.5, 0.6) is 5.75 Å². The Morgan fingerprint density at radius 1 is 1.41 bits per heavy atom. The Bertz CT molecular complexity index is 845. The number of hydrogen-bond acceptors (Lipinski definition) is 5. The number of ether oxygens (including phenoxy) is 1. The molecule has 6 nitrogen and oxygen atoms in total. The van der Waals surface area contributed by atoms with Crippen LogP contribution in [0, 0.1) is 5.92 Å². The van der Waals surface area contributed by atoms with E-state index in [4.69, 9.17) is 15.5 Å². The minimum Gasteiger partial charge on any atom is -0.483 e. The molecule has 27 heavy (non-hydrogen) atoms. The Balaban J connectivity index is 1.89. The number of amides is 1. The van der Waals surface area contributed by atoms with Crippen molar-refractivity contribution < 1.29 is 14.3 Å². The van der Waals surface area contributed by atoms with E-state index in [-0.39, 0.29) is 17.6 Å². The molecule has 0 saturated carbocycles. The van der Waals surface area contributed by atoms with Gasteiger partial charge in [0.1, 0.15) is 11.4 Å². The van der Waals surface area contributed by atoms with Crippen molar-refractivity contribution >= 4 is 33.5 Å². The van der Waals surface area contributed by atoms with E-state index in [0.717, 1.165) is 16.5 Å². The van der Waals surface area contributed by atoms with Gasteiger partial charge in [0.05, 0.1) is 5.84 Å². The smallest absolute Gasteiger partial charge is 0.219 e. The number of amidine groups is 1. The normalized spacial score (nSPS) is 28.9. The van der Waals surface area contributed by atoms with Crippen molar-refractivity contribution in [2.24, 2.45) is 16.6 Å². The Morgan fingerprint density at radius 3 is 2.74 bits per heavy atom. The third-order valence-corrected chi connectivity index (χ3v) is 6.79. The molecule has 0 bridgehead atoms. The van der Waals surface area contributed by atoms with E-state index in [1.807, 2.05) is 25.1 Å². The quantitative estimate of drug-likeness (QED) is 0.737. The predicted molar refractivity (Wildman–Crippen MR) is 106 cm³/mol. The van der Waals surface area contributed by atoms with Crippen molar-refractivity contribution in [1.82, 2.24) is 4.90 Å². The van der Waals surface area contributed by atoms with E-state index in [9.17, 15) is 9.59 Å². The third kappa shape index (κ3) is 2.54. The van der Waals surface area contributed by atoms with Gasteiger partial charge in [0.15, 0.2) is 11.3 Å². The van der Waals surface area contributed by atoms with Crippen molar-refractivity contribution in [2.75, 3.05) is 13.1 Å². The number of nitrogens with zero attached hydrogens (tertiary/aromatic N) is 2. The summed E-state index contributed by atoms with van der Waals surface area (Å²) in [5.41, 5.74) is 5.11. The summed E-state index contributed by atoms with van der Waals surface area (Å²) < 4.78 is 7.36. The van der Waals surface area contributed by atoms with Gasteiger partial charge in [0, 0.05) is 55.2 Å². The number of Topliss-reactive ketones (excluding diaryl/α,β-unsaturated/α-hetero) is 1. The second-order valence-electron chi connectivity index (χ2n) is 7.73. The number of aliphatic imine (C=N–C) groups is 1. The molecule has 0 aliphatic carbocycles. The Labute approximate surface area is 167 Å². The summed E-state index contributed by atoms with van der Waals surface area (Å²) in [5.74, 6) is 1.16. The molecular weight excluding hydrogens is 410 g/mol. The monoisotopic (exact) mass is 433 g/mol. The first-order valence-corrected chi connectivity index (χ1v) is 10.3. The van der Waals surface area contributed by atoms with Gasteiger partial charge in [-0.05, 0) is 24.6 Å². The zero-order valence-electron chi connectivity index (χ0n) is 15.6. The maximum Gasteiger partial charge on any atom is 0.219 e. The minimum absolute atomic E-state index is 0.0431. The third-order valence-electron chi connectivity index (χ3n) is 6.30. The summed E-state index contributed by atoms with van der Waals surface area (Å²) in [5, 5.41) is 0. The lowest BCUT2D eigenvalue weighted by atomic mass is 9.64. The van der Waals surface area contributed by atoms with E-state index in [2.05, 4.69) is 15.9 Å². The largest absolute Gasteiger partial charge is 0.483 e. The topological polar surface area (TPSA) is 85.0 Å². The van der Waals surface area contributed by atoms with Gasteiger partial charge >= 0.3 is 0 Å². The SMILES string of the molecule is CCC1CC(N)=NC2(C1=O)c1cc(Br)ccc1OC21CCN(C(C)=O)CC1. The fraction of sp³-hybridized carbons (Fsp3) is 0.550. The molecule has 3 heterocycles. The lowest BCUT2D eigenvalue weighted by Crippen LogP contribution is -2.63. The van der Waals surface area contributed by atoms with Crippen LogP contribution in [-0.2, 0) is 15.1 Å². The summed E-state index contributed by atoms with van der Waals surface area (Å²) in [7, 11) is 0. The van der Waals surface area contributed by atoms with Crippen LogP contribution in [0.4, 0.5) is 0 Å². The number of ketones is 1. The lowest BCUT2D eigenvalue weighted by Gasteiger charge is -2.48. The minimum atomic E-state index is -1.13. The Kier molecular flexibility index (Phi) is 4.33. The van der Waals surface area contributed by atoms with Crippen LogP contribution >= 0.6 is 15.9 Å². The molecule has 4 rings (SSSR count). The average Bonchev–Trinajstić information content (AvgIpc) is 2.88. The fourth-order valence-electron chi connectivity index (χ4n) is 4.86. The van der Waals surface area contributed by atoms with Crippen LogP contribution in [0.2, 0.25) is 0 Å². The highest BCUT2D eigenvalue weighted by Gasteiger charge is 2.67. The molecule has 7 heteroatoms. The standard InChI is InChI=1S/C20H24BrN3O3/c1-3-13-10-17(22)23-20(18(13)26)15-11-14(21)4-5-16(15)27-19(20)6-8-24(9-7-19)12(2)25/h4-5,11,13H,3,6-10H2,1-2H3,(H2,22,23). The van der Waals surface area contributed by atoms with Gasteiger partial charge in [-0.1, -0.05) is 22.9 Å². The molecule has 0 radical (unpaired) electrons. The number of piperidine rings is 1. The van der Waals surface area contributed by atoms with Gasteiger partial charge < -0.3 is 15.4 Å². The van der Waals surface area contributed by atoms with Gasteiger partial charge in [-0.2, -0.15) is 0 Å². The molecule has 1 fully saturated rings. The summed E-state index contributed by atoms with van der Waals surface area (Å²) in [6, 6.07) is 5.74. The molecule has 1 aromatic carbocycles. The molecule has 1 amide bonds. The number of halogens is 1. The van der Waals surface area contributed by atoms with Crippen LogP contribution in [0.3, 0.4) is 0 Å². The molecule has 3 aliphatic heterocycles. The Hall–Kier alpha value is -1.89. The molecule has 0 aromatic heterocycles. The molecule has 1 aromatic rings.